The minimum absolute atomic E-state index is 0.720. The highest BCUT2D eigenvalue weighted by atomic mass is 15.3. The number of rotatable bonds is 1. The zero-order valence-corrected chi connectivity index (χ0v) is 8.54. The monoisotopic (exact) mass is 210 g/mol. The number of benzene rings is 1. The topological polar surface area (TPSA) is 56.7 Å². The van der Waals surface area contributed by atoms with Crippen LogP contribution in [0.3, 0.4) is 0 Å². The van der Waals surface area contributed by atoms with Crippen LogP contribution in [0, 0.1) is 0 Å². The molecule has 4 heteroatoms. The van der Waals surface area contributed by atoms with Gasteiger partial charge in [-0.15, -0.1) is 0 Å². The van der Waals surface area contributed by atoms with Crippen LogP contribution in [0.1, 0.15) is 0 Å². The zero-order chi connectivity index (χ0) is 11.0. The van der Waals surface area contributed by atoms with Crippen LogP contribution in [0.2, 0.25) is 0 Å². The summed E-state index contributed by atoms with van der Waals surface area (Å²) in [5, 5.41) is 5.26. The third kappa shape index (κ3) is 1.32. The van der Waals surface area contributed by atoms with E-state index < -0.39 is 0 Å². The number of anilines is 1. The Balaban J connectivity index is 2.34. The van der Waals surface area contributed by atoms with Crippen molar-refractivity contribution >= 4 is 16.6 Å². The van der Waals surface area contributed by atoms with Gasteiger partial charge >= 0.3 is 0 Å². The highest BCUT2D eigenvalue weighted by Crippen LogP contribution is 2.21. The molecule has 0 fully saturated rings. The van der Waals surface area contributed by atoms with E-state index in [1.54, 1.807) is 12.4 Å². The maximum Gasteiger partial charge on any atom is 0.0754 e. The van der Waals surface area contributed by atoms with Crippen LogP contribution in [0.25, 0.3) is 16.6 Å². The second-order valence-electron chi connectivity index (χ2n) is 3.56. The van der Waals surface area contributed by atoms with Gasteiger partial charge in [-0.25, -0.2) is 4.68 Å². The molecule has 78 valence electrons. The first-order chi connectivity index (χ1) is 7.84. The van der Waals surface area contributed by atoms with E-state index >= 15 is 0 Å². The lowest BCUT2D eigenvalue weighted by Crippen LogP contribution is -1.96. The first-order valence-corrected chi connectivity index (χ1v) is 4.99. The molecule has 0 atom stereocenters. The Bertz CT molecular complexity index is 629. The van der Waals surface area contributed by atoms with Gasteiger partial charge in [-0.1, -0.05) is 0 Å². The molecule has 0 aliphatic rings. The summed E-state index contributed by atoms with van der Waals surface area (Å²) in [6.45, 7) is 0. The molecule has 0 aliphatic carbocycles. The van der Waals surface area contributed by atoms with E-state index in [0.29, 0.717) is 0 Å². The van der Waals surface area contributed by atoms with Gasteiger partial charge in [0.1, 0.15) is 0 Å². The second-order valence-corrected chi connectivity index (χ2v) is 3.56. The highest BCUT2D eigenvalue weighted by Gasteiger charge is 2.03. The number of fused-ring (bicyclic) bond motifs is 1. The number of hydrogen-bond acceptors (Lipinski definition) is 3. The van der Waals surface area contributed by atoms with Gasteiger partial charge in [-0.2, -0.15) is 5.10 Å². The second kappa shape index (κ2) is 3.34. The molecule has 0 bridgehead atoms. The third-order valence-corrected chi connectivity index (χ3v) is 2.49. The molecular weight excluding hydrogens is 200 g/mol. The summed E-state index contributed by atoms with van der Waals surface area (Å²) in [6, 6.07) is 9.53. The van der Waals surface area contributed by atoms with Crippen molar-refractivity contribution in [2.45, 2.75) is 0 Å². The number of hydrogen-bond donors (Lipinski definition) is 1. The lowest BCUT2D eigenvalue weighted by Gasteiger charge is -2.06. The predicted molar refractivity (Wildman–Crippen MR) is 63.3 cm³/mol. The number of nitrogens with two attached hydrogens (primary N) is 1. The van der Waals surface area contributed by atoms with Crippen LogP contribution in [0.4, 0.5) is 5.69 Å². The van der Waals surface area contributed by atoms with Gasteiger partial charge in [-0.05, 0) is 30.3 Å². The Labute approximate surface area is 92.3 Å². The number of aromatic nitrogens is 3. The molecule has 0 saturated heterocycles. The van der Waals surface area contributed by atoms with Crippen LogP contribution in [0.5, 0.6) is 0 Å². The molecule has 3 aromatic rings. The average molecular weight is 210 g/mol. The van der Waals surface area contributed by atoms with Gasteiger partial charge in [0.05, 0.1) is 11.2 Å². The summed E-state index contributed by atoms with van der Waals surface area (Å²) in [6.07, 6.45) is 5.42. The Hall–Kier alpha value is -2.36. The standard InChI is InChI=1S/C12H10N4/c13-9-2-3-10-11(8-9)14-6-4-12(10)16-7-1-5-15-16/h1-8H,13H2. The smallest absolute Gasteiger partial charge is 0.0754 e. The fourth-order valence-electron chi connectivity index (χ4n) is 1.76. The molecule has 2 N–H and O–H groups in total. The van der Waals surface area contributed by atoms with E-state index in [9.17, 15) is 0 Å². The summed E-state index contributed by atoms with van der Waals surface area (Å²) in [4.78, 5) is 4.29. The van der Waals surface area contributed by atoms with Crippen LogP contribution >= 0.6 is 0 Å². The Kier molecular flexibility index (Phi) is 1.86. The summed E-state index contributed by atoms with van der Waals surface area (Å²) >= 11 is 0. The van der Waals surface area contributed by atoms with E-state index in [4.69, 9.17) is 5.73 Å². The fraction of sp³-hybridized carbons (Fsp3) is 0. The van der Waals surface area contributed by atoms with Gasteiger partial charge in [0.15, 0.2) is 0 Å². The molecular formula is C12H10N4. The molecule has 2 heterocycles. The van der Waals surface area contributed by atoms with Crippen LogP contribution in [0.15, 0.2) is 48.9 Å². The van der Waals surface area contributed by atoms with E-state index in [2.05, 4.69) is 10.1 Å². The number of nitrogens with zero attached hydrogens (tertiary/aromatic N) is 3. The molecule has 1 aromatic carbocycles. The SMILES string of the molecule is Nc1ccc2c(-n3cccn3)ccnc2c1. The first kappa shape index (κ1) is 8.91. The summed E-state index contributed by atoms with van der Waals surface area (Å²) in [5.74, 6) is 0. The lowest BCUT2D eigenvalue weighted by molar-refractivity contribution is 0.886. The maximum absolute atomic E-state index is 5.73. The van der Waals surface area contributed by atoms with E-state index in [1.165, 1.54) is 0 Å². The average Bonchev–Trinajstić information content (AvgIpc) is 2.81. The van der Waals surface area contributed by atoms with Crippen molar-refractivity contribution < 1.29 is 0 Å². The Morgan fingerprint density at radius 3 is 2.88 bits per heavy atom. The number of pyridine rings is 1. The van der Waals surface area contributed by atoms with Crippen molar-refractivity contribution in [1.29, 1.82) is 0 Å². The molecule has 16 heavy (non-hydrogen) atoms. The van der Waals surface area contributed by atoms with E-state index in [0.717, 1.165) is 22.3 Å². The van der Waals surface area contributed by atoms with Crippen molar-refractivity contribution in [2.75, 3.05) is 5.73 Å². The third-order valence-electron chi connectivity index (χ3n) is 2.49. The van der Waals surface area contributed by atoms with Crippen molar-refractivity contribution in [3.63, 3.8) is 0 Å². The maximum atomic E-state index is 5.73. The molecule has 0 saturated carbocycles. The van der Waals surface area contributed by atoms with E-state index in [-0.39, 0.29) is 0 Å². The van der Waals surface area contributed by atoms with Gasteiger partial charge < -0.3 is 5.73 Å². The summed E-state index contributed by atoms with van der Waals surface area (Å²) in [5.41, 5.74) is 8.34. The fourth-order valence-corrected chi connectivity index (χ4v) is 1.76. The molecule has 2 aromatic heterocycles. The highest BCUT2D eigenvalue weighted by molar-refractivity contribution is 5.88. The van der Waals surface area contributed by atoms with Crippen LogP contribution < -0.4 is 5.73 Å². The lowest BCUT2D eigenvalue weighted by atomic mass is 10.1. The summed E-state index contributed by atoms with van der Waals surface area (Å²) < 4.78 is 1.82. The minimum atomic E-state index is 0.720. The quantitative estimate of drug-likeness (QED) is 0.625. The zero-order valence-electron chi connectivity index (χ0n) is 8.54. The Morgan fingerprint density at radius 1 is 1.12 bits per heavy atom. The van der Waals surface area contributed by atoms with E-state index in [1.807, 2.05) is 41.2 Å². The van der Waals surface area contributed by atoms with Crippen LogP contribution in [-0.4, -0.2) is 14.8 Å². The van der Waals surface area contributed by atoms with Crippen molar-refractivity contribution in [3.8, 4) is 5.69 Å². The van der Waals surface area contributed by atoms with Gasteiger partial charge in [0, 0.05) is 29.7 Å². The Morgan fingerprint density at radius 2 is 2.06 bits per heavy atom. The largest absolute Gasteiger partial charge is 0.399 e. The normalized spacial score (nSPS) is 10.8. The molecule has 0 unspecified atom stereocenters. The van der Waals surface area contributed by atoms with Gasteiger partial charge in [0.25, 0.3) is 0 Å². The minimum Gasteiger partial charge on any atom is -0.399 e. The summed E-state index contributed by atoms with van der Waals surface area (Å²) in [7, 11) is 0. The molecule has 3 rings (SSSR count). The molecule has 0 aliphatic heterocycles. The van der Waals surface area contributed by atoms with Crippen LogP contribution in [-0.2, 0) is 0 Å². The molecule has 4 nitrogen and oxygen atoms in total. The number of nitrogen functional groups attached to an aromatic ring is 1. The van der Waals surface area contributed by atoms with Crippen molar-refractivity contribution in [3.05, 3.63) is 48.9 Å². The first-order valence-electron chi connectivity index (χ1n) is 4.99. The van der Waals surface area contributed by atoms with Crippen molar-refractivity contribution in [2.24, 2.45) is 0 Å². The molecule has 0 radical (unpaired) electrons. The predicted octanol–water partition coefficient (Wildman–Crippen LogP) is 2.00. The van der Waals surface area contributed by atoms with Gasteiger partial charge in [-0.3, -0.25) is 4.98 Å². The van der Waals surface area contributed by atoms with Gasteiger partial charge in [0.2, 0.25) is 0 Å². The molecule has 0 amide bonds. The van der Waals surface area contributed by atoms with Crippen molar-refractivity contribution in [1.82, 2.24) is 14.8 Å². The molecule has 0 spiro atoms.